The molecule has 0 amide bonds. The normalized spacial score (nSPS) is 10.8. The minimum Gasteiger partial charge on any atom is -0.366 e. The number of nitrogens with zero attached hydrogens (tertiary/aromatic N) is 1. The first-order chi connectivity index (χ1) is 7.67. The predicted octanol–water partition coefficient (Wildman–Crippen LogP) is 2.63. The van der Waals surface area contributed by atoms with E-state index in [4.69, 9.17) is 5.73 Å². The number of nitrogens with two attached hydrogens (primary N) is 1. The number of alkyl halides is 2. The van der Waals surface area contributed by atoms with Gasteiger partial charge < -0.3 is 10.6 Å². The van der Waals surface area contributed by atoms with Crippen LogP contribution in [0.3, 0.4) is 0 Å². The van der Waals surface area contributed by atoms with Gasteiger partial charge in [0.15, 0.2) is 0 Å². The van der Waals surface area contributed by atoms with Crippen LogP contribution in [0.2, 0.25) is 0 Å². The van der Waals surface area contributed by atoms with E-state index in [1.54, 1.807) is 4.90 Å². The lowest BCUT2D eigenvalue weighted by Gasteiger charge is -2.24. The van der Waals surface area contributed by atoms with Gasteiger partial charge in [-0.2, -0.15) is 0 Å². The molecule has 0 unspecified atom stereocenters. The Morgan fingerprint density at radius 1 is 1.25 bits per heavy atom. The molecule has 0 aliphatic carbocycles. The van der Waals surface area contributed by atoms with Crippen molar-refractivity contribution in [1.82, 2.24) is 0 Å². The highest BCUT2D eigenvalue weighted by Gasteiger charge is 2.11. The smallest absolute Gasteiger partial charge is 0.255 e. The van der Waals surface area contributed by atoms with Gasteiger partial charge >= 0.3 is 0 Å². The number of hydrogen-bond acceptors (Lipinski definition) is 2. The minimum atomic E-state index is -2.30. The molecule has 4 heteroatoms. The zero-order valence-corrected chi connectivity index (χ0v) is 9.50. The molecule has 2 N–H and O–H groups in total. The highest BCUT2D eigenvalue weighted by atomic mass is 19.3. The fraction of sp³-hybridized carbons (Fsp3) is 0.500. The largest absolute Gasteiger partial charge is 0.366 e. The third-order valence-electron chi connectivity index (χ3n) is 2.39. The zero-order valence-electron chi connectivity index (χ0n) is 9.50. The SMILES string of the molecule is CCCN(CC(F)F)c1ccc(CN)cc1. The molecule has 1 aromatic rings. The lowest BCUT2D eigenvalue weighted by molar-refractivity contribution is 0.155. The van der Waals surface area contributed by atoms with Crippen molar-refractivity contribution in [3.63, 3.8) is 0 Å². The molecule has 1 aromatic carbocycles. The fourth-order valence-corrected chi connectivity index (χ4v) is 1.61. The summed E-state index contributed by atoms with van der Waals surface area (Å²) in [4.78, 5) is 1.70. The van der Waals surface area contributed by atoms with Crippen molar-refractivity contribution in [3.05, 3.63) is 29.8 Å². The lowest BCUT2D eigenvalue weighted by Crippen LogP contribution is -2.29. The van der Waals surface area contributed by atoms with Crippen molar-refractivity contribution in [1.29, 1.82) is 0 Å². The van der Waals surface area contributed by atoms with Gasteiger partial charge in [-0.1, -0.05) is 19.1 Å². The summed E-state index contributed by atoms with van der Waals surface area (Å²) in [5.41, 5.74) is 7.33. The summed E-state index contributed by atoms with van der Waals surface area (Å²) < 4.78 is 24.8. The second-order valence-corrected chi connectivity index (χ2v) is 3.71. The van der Waals surface area contributed by atoms with Gasteiger partial charge in [-0.15, -0.1) is 0 Å². The Morgan fingerprint density at radius 3 is 2.31 bits per heavy atom. The van der Waals surface area contributed by atoms with Gasteiger partial charge in [0.25, 0.3) is 6.43 Å². The molecule has 0 radical (unpaired) electrons. The molecule has 0 aliphatic heterocycles. The highest BCUT2D eigenvalue weighted by Crippen LogP contribution is 2.16. The van der Waals surface area contributed by atoms with Crippen LogP contribution in [0.1, 0.15) is 18.9 Å². The van der Waals surface area contributed by atoms with Crippen molar-refractivity contribution < 1.29 is 8.78 Å². The first-order valence-corrected chi connectivity index (χ1v) is 5.49. The lowest BCUT2D eigenvalue weighted by atomic mass is 10.2. The van der Waals surface area contributed by atoms with Crippen LogP contribution >= 0.6 is 0 Å². The molecule has 0 spiro atoms. The average molecular weight is 228 g/mol. The maximum Gasteiger partial charge on any atom is 0.255 e. The summed E-state index contributed by atoms with van der Waals surface area (Å²) >= 11 is 0. The van der Waals surface area contributed by atoms with Crippen molar-refractivity contribution in [2.45, 2.75) is 26.3 Å². The third kappa shape index (κ3) is 3.77. The van der Waals surface area contributed by atoms with E-state index in [-0.39, 0.29) is 6.54 Å². The second-order valence-electron chi connectivity index (χ2n) is 3.71. The van der Waals surface area contributed by atoms with Gasteiger partial charge in [-0.25, -0.2) is 8.78 Å². The molecule has 0 aliphatic rings. The quantitative estimate of drug-likeness (QED) is 0.811. The van der Waals surface area contributed by atoms with Crippen molar-refractivity contribution in [3.8, 4) is 0 Å². The average Bonchev–Trinajstić information content (AvgIpc) is 2.28. The van der Waals surface area contributed by atoms with Gasteiger partial charge in [-0.05, 0) is 24.1 Å². The summed E-state index contributed by atoms with van der Waals surface area (Å²) in [6, 6.07) is 7.45. The molecule has 0 bridgehead atoms. The summed E-state index contributed by atoms with van der Waals surface area (Å²) in [6.45, 7) is 2.89. The van der Waals surface area contributed by atoms with Gasteiger partial charge in [0.05, 0.1) is 6.54 Å². The van der Waals surface area contributed by atoms with E-state index in [0.29, 0.717) is 13.1 Å². The van der Waals surface area contributed by atoms with Gasteiger partial charge in [0.1, 0.15) is 0 Å². The Morgan fingerprint density at radius 2 is 1.88 bits per heavy atom. The third-order valence-corrected chi connectivity index (χ3v) is 2.39. The number of hydrogen-bond donors (Lipinski definition) is 1. The van der Waals surface area contributed by atoms with Crippen molar-refractivity contribution in [2.75, 3.05) is 18.0 Å². The Bertz CT molecular complexity index is 298. The Kier molecular flexibility index (Phi) is 5.19. The Labute approximate surface area is 95.1 Å². The predicted molar refractivity (Wildman–Crippen MR) is 62.8 cm³/mol. The maximum absolute atomic E-state index is 12.4. The van der Waals surface area contributed by atoms with E-state index in [9.17, 15) is 8.78 Å². The number of halogens is 2. The van der Waals surface area contributed by atoms with E-state index >= 15 is 0 Å². The van der Waals surface area contributed by atoms with Crippen LogP contribution in [0.5, 0.6) is 0 Å². The first-order valence-electron chi connectivity index (χ1n) is 5.49. The summed E-state index contributed by atoms with van der Waals surface area (Å²) in [5.74, 6) is 0. The highest BCUT2D eigenvalue weighted by molar-refractivity contribution is 5.47. The van der Waals surface area contributed by atoms with Gasteiger partial charge in [0, 0.05) is 18.8 Å². The number of rotatable bonds is 6. The molecule has 2 nitrogen and oxygen atoms in total. The zero-order chi connectivity index (χ0) is 12.0. The molecular weight excluding hydrogens is 210 g/mol. The fourth-order valence-electron chi connectivity index (χ4n) is 1.61. The van der Waals surface area contributed by atoms with Crippen LogP contribution < -0.4 is 10.6 Å². The van der Waals surface area contributed by atoms with Crippen molar-refractivity contribution >= 4 is 5.69 Å². The topological polar surface area (TPSA) is 29.3 Å². The van der Waals surface area contributed by atoms with E-state index in [2.05, 4.69) is 0 Å². The van der Waals surface area contributed by atoms with Crippen LogP contribution in [0.4, 0.5) is 14.5 Å². The molecule has 16 heavy (non-hydrogen) atoms. The molecule has 0 heterocycles. The first kappa shape index (κ1) is 12.9. The van der Waals surface area contributed by atoms with E-state index in [1.807, 2.05) is 31.2 Å². The standard InChI is InChI=1S/C12H18F2N2/c1-2-7-16(9-12(13)14)11-5-3-10(8-15)4-6-11/h3-6,12H,2,7-9,15H2,1H3. The Hall–Kier alpha value is -1.16. The van der Waals surface area contributed by atoms with Crippen LogP contribution in [-0.2, 0) is 6.54 Å². The molecule has 0 saturated carbocycles. The summed E-state index contributed by atoms with van der Waals surface area (Å²) in [6.07, 6.45) is -1.45. The molecule has 1 rings (SSSR count). The van der Waals surface area contributed by atoms with Crippen LogP contribution in [0, 0.1) is 0 Å². The van der Waals surface area contributed by atoms with E-state index < -0.39 is 6.43 Å². The van der Waals surface area contributed by atoms with Gasteiger partial charge in [-0.3, -0.25) is 0 Å². The molecule has 0 fully saturated rings. The molecule has 0 saturated heterocycles. The summed E-state index contributed by atoms with van der Waals surface area (Å²) in [5, 5.41) is 0. The number of benzene rings is 1. The van der Waals surface area contributed by atoms with Gasteiger partial charge in [0.2, 0.25) is 0 Å². The van der Waals surface area contributed by atoms with Crippen LogP contribution in [-0.4, -0.2) is 19.5 Å². The van der Waals surface area contributed by atoms with Crippen molar-refractivity contribution in [2.24, 2.45) is 5.73 Å². The molecule has 90 valence electrons. The molecule has 0 aromatic heterocycles. The molecular formula is C12H18F2N2. The second kappa shape index (κ2) is 6.43. The van der Waals surface area contributed by atoms with E-state index in [0.717, 1.165) is 17.7 Å². The Balaban J connectivity index is 2.75. The molecule has 0 atom stereocenters. The number of anilines is 1. The van der Waals surface area contributed by atoms with Crippen LogP contribution in [0.15, 0.2) is 24.3 Å². The van der Waals surface area contributed by atoms with Crippen LogP contribution in [0.25, 0.3) is 0 Å². The van der Waals surface area contributed by atoms with E-state index in [1.165, 1.54) is 0 Å². The monoisotopic (exact) mass is 228 g/mol. The summed E-state index contributed by atoms with van der Waals surface area (Å²) in [7, 11) is 0. The maximum atomic E-state index is 12.4. The minimum absolute atomic E-state index is 0.212.